The van der Waals surface area contributed by atoms with E-state index in [0.29, 0.717) is 23.7 Å². The van der Waals surface area contributed by atoms with Crippen molar-refractivity contribution in [2.45, 2.75) is 32.7 Å². The number of nitrogens with zero attached hydrogens (tertiary/aromatic N) is 5. The van der Waals surface area contributed by atoms with Crippen LogP contribution in [0.4, 0.5) is 26.4 Å². The summed E-state index contributed by atoms with van der Waals surface area (Å²) in [6.45, 7) is 9.44. The number of carbonyl (C=O) groups excluding carboxylic acids is 1. The third kappa shape index (κ3) is 3.59. The molecule has 0 bridgehead atoms. The summed E-state index contributed by atoms with van der Waals surface area (Å²) in [7, 11) is 0. The summed E-state index contributed by atoms with van der Waals surface area (Å²) in [5.41, 5.74) is 3.58. The number of urea groups is 1. The second kappa shape index (κ2) is 7.19. The maximum atomic E-state index is 14.4. The maximum absolute atomic E-state index is 14.4. The van der Waals surface area contributed by atoms with E-state index in [-0.39, 0.29) is 17.2 Å². The summed E-state index contributed by atoms with van der Waals surface area (Å²) in [6, 6.07) is 3.01. The molecule has 9 heteroatoms. The van der Waals surface area contributed by atoms with Crippen molar-refractivity contribution in [2.24, 2.45) is 0 Å². The van der Waals surface area contributed by atoms with Gasteiger partial charge >= 0.3 is 6.03 Å². The van der Waals surface area contributed by atoms with Gasteiger partial charge in [-0.1, -0.05) is 0 Å². The highest BCUT2D eigenvalue weighted by Gasteiger charge is 2.32. The Bertz CT molecular complexity index is 1170. The molecule has 5 rings (SSSR count). The third-order valence-corrected chi connectivity index (χ3v) is 5.88. The minimum absolute atomic E-state index is 0.0263. The third-order valence-electron chi connectivity index (χ3n) is 5.88. The van der Waals surface area contributed by atoms with Crippen LogP contribution < -0.4 is 20.4 Å². The summed E-state index contributed by atoms with van der Waals surface area (Å²) in [5, 5.41) is 6.34. The van der Waals surface area contributed by atoms with E-state index in [1.165, 1.54) is 6.07 Å². The van der Waals surface area contributed by atoms with Crippen LogP contribution in [0.25, 0.3) is 5.65 Å². The van der Waals surface area contributed by atoms with E-state index < -0.39 is 5.82 Å². The number of rotatable bonds is 2. The SMILES string of the molecule is Cc1cn2cc(NC(=O)N3CCc4c(N5CCNC(C)(C)C5)ccnc43)cc(F)c2n1. The predicted molar refractivity (Wildman–Crippen MR) is 118 cm³/mol. The fraction of sp³-hybridized carbons (Fsp3) is 0.409. The van der Waals surface area contributed by atoms with Gasteiger partial charge in [0.2, 0.25) is 0 Å². The van der Waals surface area contributed by atoms with Gasteiger partial charge in [-0.3, -0.25) is 4.90 Å². The summed E-state index contributed by atoms with van der Waals surface area (Å²) in [5.74, 6) is 0.195. The summed E-state index contributed by atoms with van der Waals surface area (Å²) in [6.07, 6.45) is 5.89. The number of aryl methyl sites for hydroxylation is 1. The molecular weight excluding hydrogens is 397 g/mol. The Hall–Kier alpha value is -3.20. The Labute approximate surface area is 180 Å². The fourth-order valence-electron chi connectivity index (χ4n) is 4.55. The van der Waals surface area contributed by atoms with Crippen molar-refractivity contribution in [2.75, 3.05) is 41.3 Å². The first-order valence-electron chi connectivity index (χ1n) is 10.5. The first-order chi connectivity index (χ1) is 14.8. The number of amides is 2. The Morgan fingerprint density at radius 2 is 2.13 bits per heavy atom. The average molecular weight is 423 g/mol. The highest BCUT2D eigenvalue weighted by molar-refractivity contribution is 6.03. The van der Waals surface area contributed by atoms with Crippen molar-refractivity contribution in [1.29, 1.82) is 0 Å². The van der Waals surface area contributed by atoms with Crippen LogP contribution in [-0.4, -0.2) is 52.1 Å². The molecule has 1 fully saturated rings. The Kier molecular flexibility index (Phi) is 4.58. The number of fused-ring (bicyclic) bond motifs is 2. The first-order valence-corrected chi connectivity index (χ1v) is 10.5. The number of hydrogen-bond acceptors (Lipinski definition) is 5. The topological polar surface area (TPSA) is 77.8 Å². The van der Waals surface area contributed by atoms with E-state index in [1.807, 2.05) is 6.07 Å². The standard InChI is InChI=1S/C22H26FN7O/c1-14-11-29-12-15(10-17(23)20(29)26-14)27-21(31)30-8-5-16-18(4-6-24-19(16)30)28-9-7-25-22(2,3)13-28/h4,6,10-12,25H,5,7-9,13H2,1-3H3,(H,27,31). The molecule has 0 unspecified atom stereocenters. The number of hydrogen-bond donors (Lipinski definition) is 2. The predicted octanol–water partition coefficient (Wildman–Crippen LogP) is 2.96. The maximum Gasteiger partial charge on any atom is 0.327 e. The first kappa shape index (κ1) is 19.7. The minimum Gasteiger partial charge on any atom is -0.368 e. The molecule has 0 atom stereocenters. The van der Waals surface area contributed by atoms with Crippen LogP contribution in [0.1, 0.15) is 25.1 Å². The second-order valence-electron chi connectivity index (χ2n) is 8.89. The highest BCUT2D eigenvalue weighted by atomic mass is 19.1. The van der Waals surface area contributed by atoms with Crippen molar-refractivity contribution in [3.05, 3.63) is 47.8 Å². The van der Waals surface area contributed by atoms with Crippen LogP contribution in [0.5, 0.6) is 0 Å². The molecule has 2 amide bonds. The molecular formula is C22H26FN7O. The molecule has 0 aliphatic carbocycles. The lowest BCUT2D eigenvalue weighted by Crippen LogP contribution is -2.57. The summed E-state index contributed by atoms with van der Waals surface area (Å²) >= 11 is 0. The molecule has 2 aliphatic heterocycles. The number of halogens is 1. The van der Waals surface area contributed by atoms with Crippen LogP contribution >= 0.6 is 0 Å². The average Bonchev–Trinajstić information content (AvgIpc) is 3.30. The quantitative estimate of drug-likeness (QED) is 0.663. The van der Waals surface area contributed by atoms with E-state index in [2.05, 4.69) is 39.3 Å². The monoisotopic (exact) mass is 423 g/mol. The number of pyridine rings is 2. The lowest BCUT2D eigenvalue weighted by atomic mass is 10.0. The molecule has 3 aromatic heterocycles. The van der Waals surface area contributed by atoms with Crippen LogP contribution in [0.15, 0.2) is 30.7 Å². The number of anilines is 3. The molecule has 31 heavy (non-hydrogen) atoms. The van der Waals surface area contributed by atoms with E-state index >= 15 is 0 Å². The number of carbonyl (C=O) groups is 1. The van der Waals surface area contributed by atoms with Gasteiger partial charge in [0.05, 0.1) is 11.4 Å². The minimum atomic E-state index is -0.477. The second-order valence-corrected chi connectivity index (χ2v) is 8.89. The van der Waals surface area contributed by atoms with Gasteiger partial charge in [-0.25, -0.2) is 19.2 Å². The molecule has 2 N–H and O–H groups in total. The Balaban J connectivity index is 1.39. The Morgan fingerprint density at radius 1 is 1.29 bits per heavy atom. The molecule has 0 saturated carbocycles. The highest BCUT2D eigenvalue weighted by Crippen LogP contribution is 2.35. The van der Waals surface area contributed by atoms with Gasteiger partial charge < -0.3 is 19.9 Å². The molecule has 0 aromatic carbocycles. The zero-order valence-electron chi connectivity index (χ0n) is 17.9. The molecule has 0 spiro atoms. The molecule has 2 aliphatic rings. The Morgan fingerprint density at radius 3 is 2.94 bits per heavy atom. The van der Waals surface area contributed by atoms with E-state index in [9.17, 15) is 9.18 Å². The fourth-order valence-corrected chi connectivity index (χ4v) is 4.55. The van der Waals surface area contributed by atoms with Crippen molar-refractivity contribution < 1.29 is 9.18 Å². The van der Waals surface area contributed by atoms with Crippen LogP contribution in [-0.2, 0) is 6.42 Å². The number of imidazole rings is 1. The van der Waals surface area contributed by atoms with Crippen molar-refractivity contribution in [1.82, 2.24) is 19.7 Å². The van der Waals surface area contributed by atoms with Crippen molar-refractivity contribution in [3.63, 3.8) is 0 Å². The smallest absolute Gasteiger partial charge is 0.327 e. The van der Waals surface area contributed by atoms with Crippen molar-refractivity contribution in [3.8, 4) is 0 Å². The zero-order chi connectivity index (χ0) is 21.8. The molecule has 0 radical (unpaired) electrons. The van der Waals surface area contributed by atoms with E-state index in [1.54, 1.807) is 34.8 Å². The molecule has 1 saturated heterocycles. The summed E-state index contributed by atoms with van der Waals surface area (Å²) in [4.78, 5) is 25.7. The summed E-state index contributed by atoms with van der Waals surface area (Å²) < 4.78 is 16.0. The van der Waals surface area contributed by atoms with Crippen molar-refractivity contribution >= 4 is 28.9 Å². The van der Waals surface area contributed by atoms with Gasteiger partial charge in [0.25, 0.3) is 0 Å². The van der Waals surface area contributed by atoms with Gasteiger partial charge in [-0.05, 0) is 33.3 Å². The molecule has 5 heterocycles. The van der Waals surface area contributed by atoms with E-state index in [0.717, 1.165) is 37.3 Å². The molecule has 162 valence electrons. The normalized spacial score (nSPS) is 17.8. The number of nitrogens with one attached hydrogen (secondary N) is 2. The van der Waals surface area contributed by atoms with Crippen LogP contribution in [0.2, 0.25) is 0 Å². The van der Waals surface area contributed by atoms with Crippen LogP contribution in [0.3, 0.4) is 0 Å². The van der Waals surface area contributed by atoms with Crippen LogP contribution in [0, 0.1) is 12.7 Å². The van der Waals surface area contributed by atoms with Gasteiger partial charge in [-0.15, -0.1) is 0 Å². The van der Waals surface area contributed by atoms with Gasteiger partial charge in [0, 0.05) is 67.6 Å². The lowest BCUT2D eigenvalue weighted by Gasteiger charge is -2.41. The number of piperazine rings is 1. The molecule has 8 nitrogen and oxygen atoms in total. The van der Waals surface area contributed by atoms with E-state index in [4.69, 9.17) is 0 Å². The largest absolute Gasteiger partial charge is 0.368 e. The van der Waals surface area contributed by atoms with Gasteiger partial charge in [-0.2, -0.15) is 0 Å². The number of aromatic nitrogens is 3. The molecule has 3 aromatic rings. The van der Waals surface area contributed by atoms with Gasteiger partial charge in [0.15, 0.2) is 11.5 Å². The lowest BCUT2D eigenvalue weighted by molar-refractivity contribution is 0.257. The zero-order valence-corrected chi connectivity index (χ0v) is 17.9. The van der Waals surface area contributed by atoms with Gasteiger partial charge in [0.1, 0.15) is 5.82 Å².